The summed E-state index contributed by atoms with van der Waals surface area (Å²) in [6.07, 6.45) is -1.59. The zero-order chi connectivity index (χ0) is 28.1. The van der Waals surface area contributed by atoms with Crippen LogP contribution in [0.2, 0.25) is 0 Å². The topological polar surface area (TPSA) is 113 Å². The lowest BCUT2D eigenvalue weighted by Gasteiger charge is -2.30. The molecule has 1 aromatic heterocycles. The molecule has 2 heterocycles. The third kappa shape index (κ3) is 8.61. The van der Waals surface area contributed by atoms with E-state index >= 15 is 0 Å². The number of benzene rings is 1. The zero-order valence-electron chi connectivity index (χ0n) is 22.9. The van der Waals surface area contributed by atoms with E-state index < -0.39 is 47.7 Å². The van der Waals surface area contributed by atoms with Gasteiger partial charge in [-0.1, -0.05) is 12.1 Å². The third-order valence-electron chi connectivity index (χ3n) is 5.44. The molecule has 0 radical (unpaired) electrons. The molecule has 0 aliphatic carbocycles. The fraction of sp³-hybridized carbons (Fsp3) is 0.556. The van der Waals surface area contributed by atoms with Crippen LogP contribution in [-0.4, -0.2) is 71.2 Å². The highest BCUT2D eigenvalue weighted by Gasteiger charge is 2.50. The highest BCUT2D eigenvalue weighted by molar-refractivity contribution is 7.09. The summed E-state index contributed by atoms with van der Waals surface area (Å²) in [6.45, 7) is 10.4. The first kappa shape index (κ1) is 29.2. The van der Waals surface area contributed by atoms with Crippen molar-refractivity contribution in [3.8, 4) is 5.75 Å². The summed E-state index contributed by atoms with van der Waals surface area (Å²) in [6, 6.07) is 6.66. The van der Waals surface area contributed by atoms with Crippen molar-refractivity contribution in [1.82, 2.24) is 9.88 Å². The number of hydrogen-bond donors (Lipinski definition) is 0. The van der Waals surface area contributed by atoms with Crippen LogP contribution in [0.15, 0.2) is 35.8 Å². The van der Waals surface area contributed by atoms with E-state index in [9.17, 15) is 14.4 Å². The van der Waals surface area contributed by atoms with Gasteiger partial charge in [-0.05, 0) is 65.7 Å². The second-order valence-electron chi connectivity index (χ2n) is 10.9. The van der Waals surface area contributed by atoms with Gasteiger partial charge in [-0.25, -0.2) is 14.6 Å². The molecule has 0 spiro atoms. The summed E-state index contributed by atoms with van der Waals surface area (Å²) < 4.78 is 27.7. The van der Waals surface area contributed by atoms with Crippen LogP contribution in [0.4, 0.5) is 9.59 Å². The molecule has 3 atom stereocenters. The van der Waals surface area contributed by atoms with E-state index in [4.69, 9.17) is 23.7 Å². The Hall–Kier alpha value is -3.34. The second-order valence-corrected chi connectivity index (χ2v) is 11.9. The predicted molar refractivity (Wildman–Crippen MR) is 140 cm³/mol. The van der Waals surface area contributed by atoms with Crippen molar-refractivity contribution in [2.45, 2.75) is 83.8 Å². The Balaban J connectivity index is 1.92. The summed E-state index contributed by atoms with van der Waals surface area (Å²) in [4.78, 5) is 44.4. The number of nitrogens with zero attached hydrogens (tertiary/aromatic N) is 2. The molecule has 1 saturated heterocycles. The maximum Gasteiger partial charge on any atom is 0.509 e. The number of amides is 1. The molecule has 10 nitrogen and oxygen atoms in total. The zero-order valence-corrected chi connectivity index (χ0v) is 23.7. The van der Waals surface area contributed by atoms with Gasteiger partial charge in [0, 0.05) is 11.6 Å². The number of carbonyl (C=O) groups is 3. The Labute approximate surface area is 227 Å². The number of thiazole rings is 1. The lowest BCUT2D eigenvalue weighted by molar-refractivity contribution is -0.155. The second kappa shape index (κ2) is 12.0. The quantitative estimate of drug-likeness (QED) is 0.356. The first-order valence-electron chi connectivity index (χ1n) is 12.3. The summed E-state index contributed by atoms with van der Waals surface area (Å²) in [5.41, 5.74) is -0.689. The van der Waals surface area contributed by atoms with Gasteiger partial charge in [0.05, 0.1) is 26.1 Å². The minimum atomic E-state index is -0.971. The highest BCUT2D eigenvalue weighted by atomic mass is 32.1. The molecule has 38 heavy (non-hydrogen) atoms. The number of carbonyl (C=O) groups excluding carboxylic acids is 3. The van der Waals surface area contributed by atoms with Gasteiger partial charge in [-0.3, -0.25) is 9.69 Å². The van der Waals surface area contributed by atoms with Crippen LogP contribution in [0.25, 0.3) is 0 Å². The van der Waals surface area contributed by atoms with Gasteiger partial charge in [0.2, 0.25) is 0 Å². The molecule has 11 heteroatoms. The number of hydrogen-bond acceptors (Lipinski definition) is 10. The standard InChI is InChI=1S/C27H36N2O8S/c1-26(2,3)36-24(31)29-16-20(34-25(32)37-27(4,5)6)23(35-22(30)15-21-28-12-13-38-21)19(29)14-17-8-10-18(33-7)11-9-17/h8-13,19-20,23H,14-16H2,1-7H3/t19-,20+,23+/m1/s1. The van der Waals surface area contributed by atoms with Gasteiger partial charge in [-0.15, -0.1) is 11.3 Å². The molecule has 1 fully saturated rings. The molecule has 0 unspecified atom stereocenters. The van der Waals surface area contributed by atoms with Crippen LogP contribution in [0.3, 0.4) is 0 Å². The van der Waals surface area contributed by atoms with Crippen molar-refractivity contribution in [2.24, 2.45) is 0 Å². The smallest absolute Gasteiger partial charge is 0.497 e. The molecule has 0 saturated carbocycles. The monoisotopic (exact) mass is 548 g/mol. The van der Waals surface area contributed by atoms with Gasteiger partial charge in [0.25, 0.3) is 0 Å². The molecule has 0 bridgehead atoms. The van der Waals surface area contributed by atoms with Crippen molar-refractivity contribution in [1.29, 1.82) is 0 Å². The van der Waals surface area contributed by atoms with Crippen LogP contribution in [-0.2, 0) is 36.6 Å². The molecule has 1 amide bonds. The maximum atomic E-state index is 13.3. The number of rotatable bonds is 7. The molecule has 208 valence electrons. The average molecular weight is 549 g/mol. The number of esters is 1. The molecule has 0 N–H and O–H groups in total. The van der Waals surface area contributed by atoms with Crippen molar-refractivity contribution in [3.63, 3.8) is 0 Å². The van der Waals surface area contributed by atoms with E-state index in [1.807, 2.05) is 12.1 Å². The summed E-state index contributed by atoms with van der Waals surface area (Å²) in [5, 5.41) is 2.36. The minimum Gasteiger partial charge on any atom is -0.497 e. The van der Waals surface area contributed by atoms with E-state index in [0.29, 0.717) is 17.2 Å². The van der Waals surface area contributed by atoms with Gasteiger partial charge in [0.15, 0.2) is 12.2 Å². The van der Waals surface area contributed by atoms with Gasteiger partial charge < -0.3 is 23.7 Å². The third-order valence-corrected chi connectivity index (χ3v) is 6.22. The van der Waals surface area contributed by atoms with E-state index in [1.54, 1.807) is 72.4 Å². The summed E-state index contributed by atoms with van der Waals surface area (Å²) in [7, 11) is 1.58. The fourth-order valence-corrected chi connectivity index (χ4v) is 4.53. The van der Waals surface area contributed by atoms with Gasteiger partial charge in [-0.2, -0.15) is 0 Å². The molecular formula is C27H36N2O8S. The van der Waals surface area contributed by atoms with Crippen LogP contribution >= 0.6 is 11.3 Å². The first-order chi connectivity index (χ1) is 17.7. The molecule has 1 aliphatic rings. The lowest BCUT2D eigenvalue weighted by Crippen LogP contribution is -2.45. The summed E-state index contributed by atoms with van der Waals surface area (Å²) in [5.74, 6) is 0.134. The molecular weight excluding hydrogens is 512 g/mol. The predicted octanol–water partition coefficient (Wildman–Crippen LogP) is 4.79. The number of methoxy groups -OCH3 is 1. The van der Waals surface area contributed by atoms with Crippen molar-refractivity contribution < 1.29 is 38.1 Å². The van der Waals surface area contributed by atoms with Crippen LogP contribution in [0.5, 0.6) is 5.75 Å². The van der Waals surface area contributed by atoms with Crippen molar-refractivity contribution in [2.75, 3.05) is 13.7 Å². The Morgan fingerprint density at radius 1 is 1.00 bits per heavy atom. The SMILES string of the molecule is COc1ccc(C[C@@H]2[C@H](OC(=O)Cc3nccs3)[C@@H](OC(=O)OC(C)(C)C)CN2C(=O)OC(C)(C)C)cc1. The van der Waals surface area contributed by atoms with Gasteiger partial charge >= 0.3 is 18.2 Å². The van der Waals surface area contributed by atoms with Gasteiger partial charge in [0.1, 0.15) is 22.0 Å². The van der Waals surface area contributed by atoms with E-state index in [0.717, 1.165) is 5.56 Å². The van der Waals surface area contributed by atoms with Crippen LogP contribution < -0.4 is 4.74 Å². The number of aromatic nitrogens is 1. The number of likely N-dealkylation sites (tertiary alicyclic amines) is 1. The minimum absolute atomic E-state index is 0.0375. The number of ether oxygens (including phenoxy) is 5. The maximum absolute atomic E-state index is 13.3. The highest BCUT2D eigenvalue weighted by Crippen LogP contribution is 2.30. The van der Waals surface area contributed by atoms with Crippen molar-refractivity contribution in [3.05, 3.63) is 46.4 Å². The molecule has 2 aromatic rings. The average Bonchev–Trinajstić information content (AvgIpc) is 3.41. The molecule has 3 rings (SSSR count). The Morgan fingerprint density at radius 2 is 1.66 bits per heavy atom. The summed E-state index contributed by atoms with van der Waals surface area (Å²) >= 11 is 1.33. The van der Waals surface area contributed by atoms with E-state index in [1.165, 1.54) is 16.2 Å². The molecule has 1 aliphatic heterocycles. The molecule has 1 aromatic carbocycles. The van der Waals surface area contributed by atoms with Crippen molar-refractivity contribution >= 4 is 29.6 Å². The Bertz CT molecular complexity index is 1090. The van der Waals surface area contributed by atoms with E-state index in [2.05, 4.69) is 4.98 Å². The van der Waals surface area contributed by atoms with E-state index in [-0.39, 0.29) is 13.0 Å². The van der Waals surface area contributed by atoms with Crippen LogP contribution in [0.1, 0.15) is 52.1 Å². The normalized spacial score (nSPS) is 19.6. The largest absolute Gasteiger partial charge is 0.509 e. The van der Waals surface area contributed by atoms with Crippen LogP contribution in [0, 0.1) is 0 Å². The Kier molecular flexibility index (Phi) is 9.24. The Morgan fingerprint density at radius 3 is 2.21 bits per heavy atom. The lowest BCUT2D eigenvalue weighted by atomic mass is 10.0. The first-order valence-corrected chi connectivity index (χ1v) is 13.2. The fourth-order valence-electron chi connectivity index (χ4n) is 3.93.